The van der Waals surface area contributed by atoms with Gasteiger partial charge in [-0.2, -0.15) is 0 Å². The Morgan fingerprint density at radius 3 is 2.68 bits per heavy atom. The van der Waals surface area contributed by atoms with Crippen molar-refractivity contribution in [2.24, 2.45) is 5.92 Å². The highest BCUT2D eigenvalue weighted by atomic mass is 35.5. The van der Waals surface area contributed by atoms with E-state index in [1.165, 1.54) is 12.1 Å². The van der Waals surface area contributed by atoms with Gasteiger partial charge in [-0.3, -0.25) is 0 Å². The molecule has 0 heterocycles. The number of aliphatic hydroxyl groups is 1. The van der Waals surface area contributed by atoms with Gasteiger partial charge in [0, 0.05) is 18.3 Å². The number of rotatable bonds is 5. The first kappa shape index (κ1) is 15.7. The molecular weight excluding hydrogens is 271 g/mol. The molecule has 0 radical (unpaired) electrons. The van der Waals surface area contributed by atoms with Gasteiger partial charge in [0.1, 0.15) is 5.82 Å². The van der Waals surface area contributed by atoms with Crippen molar-refractivity contribution in [3.8, 4) is 0 Å². The predicted octanol–water partition coefficient (Wildman–Crippen LogP) is 3.01. The number of benzene rings is 1. The minimum Gasteiger partial charge on any atom is -0.396 e. The molecule has 0 aliphatic rings. The van der Waals surface area contributed by atoms with Crippen LogP contribution in [-0.2, 0) is 0 Å². The topological polar surface area (TPSA) is 61.4 Å². The highest BCUT2D eigenvalue weighted by Gasteiger charge is 2.15. The predicted molar refractivity (Wildman–Crippen MR) is 73.9 cm³/mol. The van der Waals surface area contributed by atoms with Crippen molar-refractivity contribution >= 4 is 23.3 Å². The fraction of sp³-hybridized carbons (Fsp3) is 0.462. The lowest BCUT2D eigenvalue weighted by atomic mass is 10.0. The number of anilines is 1. The summed E-state index contributed by atoms with van der Waals surface area (Å²) < 4.78 is 13.2. The SMILES string of the molecule is CC(C)C(CCO)NC(=O)Nc1ccc(Cl)c(F)c1. The third kappa shape index (κ3) is 5.04. The van der Waals surface area contributed by atoms with Gasteiger partial charge in [0.2, 0.25) is 0 Å². The lowest BCUT2D eigenvalue weighted by molar-refractivity contribution is 0.227. The number of halogens is 2. The van der Waals surface area contributed by atoms with Gasteiger partial charge in [0.25, 0.3) is 0 Å². The first-order valence-electron chi connectivity index (χ1n) is 6.07. The quantitative estimate of drug-likeness (QED) is 0.780. The zero-order chi connectivity index (χ0) is 14.4. The standard InChI is InChI=1S/C13H18ClFN2O2/c1-8(2)12(5-6-18)17-13(19)16-9-3-4-10(14)11(15)7-9/h3-4,7-8,12,18H,5-6H2,1-2H3,(H2,16,17,19). The summed E-state index contributed by atoms with van der Waals surface area (Å²) in [6.45, 7) is 3.89. The molecule has 1 rings (SSSR count). The van der Waals surface area contributed by atoms with Crippen LogP contribution in [-0.4, -0.2) is 23.8 Å². The van der Waals surface area contributed by atoms with E-state index in [4.69, 9.17) is 16.7 Å². The number of aliphatic hydroxyl groups excluding tert-OH is 1. The number of hydrogen-bond acceptors (Lipinski definition) is 2. The molecule has 0 aromatic heterocycles. The maximum Gasteiger partial charge on any atom is 0.319 e. The van der Waals surface area contributed by atoms with E-state index in [1.807, 2.05) is 13.8 Å². The van der Waals surface area contributed by atoms with Crippen LogP contribution in [0, 0.1) is 11.7 Å². The van der Waals surface area contributed by atoms with Crippen LogP contribution in [0.2, 0.25) is 5.02 Å². The molecule has 0 spiro atoms. The number of urea groups is 1. The van der Waals surface area contributed by atoms with E-state index in [0.29, 0.717) is 12.1 Å². The number of carbonyl (C=O) groups excluding carboxylic acids is 1. The first-order chi connectivity index (χ1) is 8.93. The average Bonchev–Trinajstić information content (AvgIpc) is 2.33. The van der Waals surface area contributed by atoms with Crippen LogP contribution in [0.1, 0.15) is 20.3 Å². The van der Waals surface area contributed by atoms with Crippen molar-refractivity contribution < 1.29 is 14.3 Å². The molecule has 0 saturated carbocycles. The summed E-state index contributed by atoms with van der Waals surface area (Å²) in [6.07, 6.45) is 0.472. The van der Waals surface area contributed by atoms with Crippen LogP contribution in [0.5, 0.6) is 0 Å². The second-order valence-corrected chi connectivity index (χ2v) is 5.00. The molecule has 1 aromatic rings. The summed E-state index contributed by atoms with van der Waals surface area (Å²) in [5, 5.41) is 14.2. The van der Waals surface area contributed by atoms with E-state index in [0.717, 1.165) is 6.07 Å². The highest BCUT2D eigenvalue weighted by molar-refractivity contribution is 6.30. The Morgan fingerprint density at radius 1 is 1.47 bits per heavy atom. The van der Waals surface area contributed by atoms with Gasteiger partial charge >= 0.3 is 6.03 Å². The minimum absolute atomic E-state index is 0.00129. The van der Waals surface area contributed by atoms with E-state index in [9.17, 15) is 9.18 Å². The molecule has 6 heteroatoms. The molecule has 4 nitrogen and oxygen atoms in total. The summed E-state index contributed by atoms with van der Waals surface area (Å²) in [4.78, 5) is 11.7. The van der Waals surface area contributed by atoms with Crippen molar-refractivity contribution in [3.63, 3.8) is 0 Å². The van der Waals surface area contributed by atoms with Gasteiger partial charge < -0.3 is 15.7 Å². The highest BCUT2D eigenvalue weighted by Crippen LogP contribution is 2.18. The summed E-state index contributed by atoms with van der Waals surface area (Å²) in [6, 6.07) is 3.47. The van der Waals surface area contributed by atoms with Crippen molar-refractivity contribution in [1.29, 1.82) is 0 Å². The number of hydrogen-bond donors (Lipinski definition) is 3. The Labute approximate surface area is 117 Å². The lowest BCUT2D eigenvalue weighted by Crippen LogP contribution is -2.41. The van der Waals surface area contributed by atoms with E-state index in [1.54, 1.807) is 0 Å². The van der Waals surface area contributed by atoms with Gasteiger partial charge in [-0.25, -0.2) is 9.18 Å². The largest absolute Gasteiger partial charge is 0.396 e. The van der Waals surface area contributed by atoms with E-state index >= 15 is 0 Å². The Kier molecular flexibility index (Phi) is 6.05. The smallest absolute Gasteiger partial charge is 0.319 e. The third-order valence-electron chi connectivity index (χ3n) is 2.74. The Hall–Kier alpha value is -1.33. The van der Waals surface area contributed by atoms with Gasteiger partial charge in [0.05, 0.1) is 5.02 Å². The average molecular weight is 289 g/mol. The van der Waals surface area contributed by atoms with Gasteiger partial charge in [-0.05, 0) is 30.5 Å². The molecule has 3 N–H and O–H groups in total. The second-order valence-electron chi connectivity index (χ2n) is 4.59. The molecule has 1 unspecified atom stereocenters. The molecule has 0 aliphatic heterocycles. The zero-order valence-electron chi connectivity index (χ0n) is 10.9. The normalized spacial score (nSPS) is 12.3. The maximum atomic E-state index is 13.2. The Morgan fingerprint density at radius 2 is 2.16 bits per heavy atom. The van der Waals surface area contributed by atoms with Crippen LogP contribution >= 0.6 is 11.6 Å². The van der Waals surface area contributed by atoms with Crippen LogP contribution in [0.15, 0.2) is 18.2 Å². The minimum atomic E-state index is -0.588. The van der Waals surface area contributed by atoms with Crippen molar-refractivity contribution in [2.75, 3.05) is 11.9 Å². The maximum absolute atomic E-state index is 13.2. The summed E-state index contributed by atoms with van der Waals surface area (Å²) in [7, 11) is 0. The fourth-order valence-corrected chi connectivity index (χ4v) is 1.74. The molecule has 0 aliphatic carbocycles. The van der Waals surface area contributed by atoms with Gasteiger partial charge in [0.15, 0.2) is 0 Å². The molecule has 106 valence electrons. The molecule has 1 aromatic carbocycles. The molecule has 19 heavy (non-hydrogen) atoms. The van der Waals surface area contributed by atoms with Gasteiger partial charge in [-0.1, -0.05) is 25.4 Å². The second kappa shape index (κ2) is 7.31. The number of carbonyl (C=O) groups is 1. The van der Waals surface area contributed by atoms with E-state index < -0.39 is 11.8 Å². The van der Waals surface area contributed by atoms with E-state index in [2.05, 4.69) is 10.6 Å². The van der Waals surface area contributed by atoms with Crippen molar-refractivity contribution in [3.05, 3.63) is 29.0 Å². The number of amides is 2. The lowest BCUT2D eigenvalue weighted by Gasteiger charge is -2.21. The third-order valence-corrected chi connectivity index (χ3v) is 3.05. The zero-order valence-corrected chi connectivity index (χ0v) is 11.7. The number of nitrogens with one attached hydrogen (secondary N) is 2. The van der Waals surface area contributed by atoms with Gasteiger partial charge in [-0.15, -0.1) is 0 Å². The first-order valence-corrected chi connectivity index (χ1v) is 6.45. The molecular formula is C13H18ClFN2O2. The van der Waals surface area contributed by atoms with Crippen molar-refractivity contribution in [2.45, 2.75) is 26.3 Å². The molecule has 2 amide bonds. The monoisotopic (exact) mass is 288 g/mol. The molecule has 0 saturated heterocycles. The summed E-state index contributed by atoms with van der Waals surface area (Å²) in [5.74, 6) is -0.393. The van der Waals surface area contributed by atoms with Crippen LogP contribution in [0.4, 0.5) is 14.9 Å². The summed E-state index contributed by atoms with van der Waals surface area (Å²) in [5.41, 5.74) is 0.325. The molecule has 1 atom stereocenters. The molecule has 0 bridgehead atoms. The fourth-order valence-electron chi connectivity index (χ4n) is 1.62. The molecule has 0 fully saturated rings. The van der Waals surface area contributed by atoms with Crippen LogP contribution in [0.3, 0.4) is 0 Å². The van der Waals surface area contributed by atoms with Crippen molar-refractivity contribution in [1.82, 2.24) is 5.32 Å². The van der Waals surface area contributed by atoms with Crippen LogP contribution in [0.25, 0.3) is 0 Å². The Bertz CT molecular complexity index is 441. The Balaban J connectivity index is 2.61. The van der Waals surface area contributed by atoms with Crippen LogP contribution < -0.4 is 10.6 Å². The summed E-state index contributed by atoms with van der Waals surface area (Å²) >= 11 is 5.55. The van der Waals surface area contributed by atoms with E-state index in [-0.39, 0.29) is 23.6 Å².